The molecule has 1 heterocycles. The fourth-order valence-corrected chi connectivity index (χ4v) is 2.11. The second kappa shape index (κ2) is 4.90. The predicted molar refractivity (Wildman–Crippen MR) is 67.7 cm³/mol. The minimum absolute atomic E-state index is 0.259. The monoisotopic (exact) mass is 260 g/mol. The molecule has 0 amide bonds. The first-order valence-electron chi connectivity index (χ1n) is 6.06. The summed E-state index contributed by atoms with van der Waals surface area (Å²) in [6, 6.07) is 13.0. The second-order valence-corrected chi connectivity index (χ2v) is 4.40. The highest BCUT2D eigenvalue weighted by Crippen LogP contribution is 2.33. The Morgan fingerprint density at radius 1 is 1.11 bits per heavy atom. The number of ether oxygens (including phenoxy) is 2. The van der Waals surface area contributed by atoms with Crippen LogP contribution >= 0.6 is 0 Å². The van der Waals surface area contributed by atoms with Crippen LogP contribution in [0.3, 0.4) is 0 Å². The zero-order valence-electron chi connectivity index (χ0n) is 10.1. The number of hydrogen-bond donors (Lipinski definition) is 1. The number of halogens is 1. The molecule has 1 aliphatic rings. The molecule has 4 heteroatoms. The first-order valence-corrected chi connectivity index (χ1v) is 6.06. The first kappa shape index (κ1) is 12.0. The smallest absolute Gasteiger partial charge is 0.163 e. The van der Waals surface area contributed by atoms with Crippen molar-refractivity contribution in [2.75, 3.05) is 6.61 Å². The third-order valence-electron chi connectivity index (χ3n) is 3.09. The molecule has 0 radical (unpaired) electrons. The van der Waals surface area contributed by atoms with Crippen LogP contribution in [0, 0.1) is 5.82 Å². The molecule has 0 aromatic heterocycles. The molecule has 0 fully saturated rings. The second-order valence-electron chi connectivity index (χ2n) is 4.40. The number of benzene rings is 2. The molecule has 0 saturated carbocycles. The van der Waals surface area contributed by atoms with Gasteiger partial charge in [0, 0.05) is 5.56 Å². The maximum absolute atomic E-state index is 12.8. The average Bonchev–Trinajstić information content (AvgIpc) is 2.45. The molecule has 0 aliphatic carbocycles. The number of aliphatic hydroxyl groups is 1. The van der Waals surface area contributed by atoms with Gasteiger partial charge in [-0.25, -0.2) is 4.39 Å². The minimum Gasteiger partial charge on any atom is -0.489 e. The Bertz CT molecular complexity index is 568. The molecule has 1 aliphatic heterocycles. The zero-order chi connectivity index (χ0) is 13.2. The molecule has 19 heavy (non-hydrogen) atoms. The summed E-state index contributed by atoms with van der Waals surface area (Å²) in [4.78, 5) is 0. The molecule has 98 valence electrons. The molecule has 1 N–H and O–H groups in total. The highest BCUT2D eigenvalue weighted by molar-refractivity contribution is 5.37. The lowest BCUT2D eigenvalue weighted by molar-refractivity contribution is -0.0103. The van der Waals surface area contributed by atoms with E-state index in [4.69, 9.17) is 9.47 Å². The molecule has 2 aromatic carbocycles. The molecular formula is C15H13FO3. The van der Waals surface area contributed by atoms with Gasteiger partial charge in [0.05, 0.1) is 0 Å². The van der Waals surface area contributed by atoms with Gasteiger partial charge < -0.3 is 14.6 Å². The fourth-order valence-electron chi connectivity index (χ4n) is 2.11. The van der Waals surface area contributed by atoms with Gasteiger partial charge in [-0.2, -0.15) is 0 Å². The Balaban J connectivity index is 1.79. The van der Waals surface area contributed by atoms with Gasteiger partial charge in [0.25, 0.3) is 0 Å². The van der Waals surface area contributed by atoms with E-state index in [1.807, 2.05) is 18.2 Å². The van der Waals surface area contributed by atoms with Gasteiger partial charge in [-0.15, -0.1) is 0 Å². The summed E-state index contributed by atoms with van der Waals surface area (Å²) in [5, 5.41) is 10.3. The van der Waals surface area contributed by atoms with Crippen molar-refractivity contribution in [3.8, 4) is 11.5 Å². The van der Waals surface area contributed by atoms with Crippen molar-refractivity contribution in [3.05, 3.63) is 59.9 Å². The summed E-state index contributed by atoms with van der Waals surface area (Å²) in [6.07, 6.45) is -1.25. The summed E-state index contributed by atoms with van der Waals surface area (Å²) in [6.45, 7) is 0.259. The maximum Gasteiger partial charge on any atom is 0.163 e. The molecule has 0 saturated heterocycles. The SMILES string of the molecule is OC1c2ccccc2OCC1Oc1ccc(F)cc1. The summed E-state index contributed by atoms with van der Waals surface area (Å²) in [5.41, 5.74) is 0.709. The lowest BCUT2D eigenvalue weighted by Crippen LogP contribution is -2.35. The lowest BCUT2D eigenvalue weighted by atomic mass is 10.0. The van der Waals surface area contributed by atoms with E-state index in [1.165, 1.54) is 24.3 Å². The van der Waals surface area contributed by atoms with E-state index in [2.05, 4.69) is 0 Å². The standard InChI is InChI=1S/C15H13FO3/c16-10-5-7-11(8-6-10)19-14-9-18-13-4-2-1-3-12(13)15(14)17/h1-8,14-15,17H,9H2. The van der Waals surface area contributed by atoms with E-state index in [0.29, 0.717) is 17.1 Å². The van der Waals surface area contributed by atoms with Crippen LogP contribution in [0.5, 0.6) is 11.5 Å². The van der Waals surface area contributed by atoms with Crippen LogP contribution in [0.15, 0.2) is 48.5 Å². The minimum atomic E-state index is -0.755. The molecule has 3 rings (SSSR count). The van der Waals surface area contributed by atoms with Crippen LogP contribution in [-0.2, 0) is 0 Å². The van der Waals surface area contributed by atoms with Crippen molar-refractivity contribution in [1.82, 2.24) is 0 Å². The number of aliphatic hydroxyl groups excluding tert-OH is 1. The third kappa shape index (κ3) is 2.39. The van der Waals surface area contributed by atoms with E-state index in [0.717, 1.165) is 0 Å². The van der Waals surface area contributed by atoms with Crippen molar-refractivity contribution in [1.29, 1.82) is 0 Å². The molecular weight excluding hydrogens is 247 g/mol. The van der Waals surface area contributed by atoms with Crippen molar-refractivity contribution in [2.45, 2.75) is 12.2 Å². The molecule has 2 aromatic rings. The average molecular weight is 260 g/mol. The van der Waals surface area contributed by atoms with Crippen LogP contribution in [-0.4, -0.2) is 17.8 Å². The molecule has 0 bridgehead atoms. The summed E-state index contributed by atoms with van der Waals surface area (Å²) in [7, 11) is 0. The van der Waals surface area contributed by atoms with Crippen LogP contribution in [0.2, 0.25) is 0 Å². The summed E-state index contributed by atoms with van der Waals surface area (Å²) in [5.74, 6) is 0.862. The van der Waals surface area contributed by atoms with E-state index in [1.54, 1.807) is 6.07 Å². The van der Waals surface area contributed by atoms with Crippen LogP contribution in [0.1, 0.15) is 11.7 Å². The number of rotatable bonds is 2. The van der Waals surface area contributed by atoms with E-state index >= 15 is 0 Å². The summed E-state index contributed by atoms with van der Waals surface area (Å²) >= 11 is 0. The van der Waals surface area contributed by atoms with Crippen LogP contribution in [0.25, 0.3) is 0 Å². The van der Waals surface area contributed by atoms with Crippen molar-refractivity contribution >= 4 is 0 Å². The highest BCUT2D eigenvalue weighted by Gasteiger charge is 2.30. The maximum atomic E-state index is 12.8. The van der Waals surface area contributed by atoms with E-state index in [9.17, 15) is 9.50 Å². The summed E-state index contributed by atoms with van der Waals surface area (Å²) < 4.78 is 24.0. The number of hydrogen-bond acceptors (Lipinski definition) is 3. The first-order chi connectivity index (χ1) is 9.24. The van der Waals surface area contributed by atoms with E-state index in [-0.39, 0.29) is 12.4 Å². The lowest BCUT2D eigenvalue weighted by Gasteiger charge is -2.30. The quantitative estimate of drug-likeness (QED) is 0.902. The molecule has 2 unspecified atom stereocenters. The van der Waals surface area contributed by atoms with Gasteiger partial charge in [-0.3, -0.25) is 0 Å². The molecule has 2 atom stereocenters. The van der Waals surface area contributed by atoms with Gasteiger partial charge in [0.1, 0.15) is 30.0 Å². The largest absolute Gasteiger partial charge is 0.489 e. The Morgan fingerprint density at radius 2 is 1.84 bits per heavy atom. The highest BCUT2D eigenvalue weighted by atomic mass is 19.1. The number of para-hydroxylation sites is 1. The van der Waals surface area contributed by atoms with Gasteiger partial charge >= 0.3 is 0 Å². The van der Waals surface area contributed by atoms with Crippen molar-refractivity contribution in [3.63, 3.8) is 0 Å². The fraction of sp³-hybridized carbons (Fsp3) is 0.200. The topological polar surface area (TPSA) is 38.7 Å². The van der Waals surface area contributed by atoms with Crippen molar-refractivity contribution in [2.24, 2.45) is 0 Å². The Labute approximate surface area is 110 Å². The molecule has 3 nitrogen and oxygen atoms in total. The van der Waals surface area contributed by atoms with Gasteiger partial charge in [0.15, 0.2) is 6.10 Å². The van der Waals surface area contributed by atoms with Gasteiger partial charge in [0.2, 0.25) is 0 Å². The zero-order valence-corrected chi connectivity index (χ0v) is 10.1. The number of fused-ring (bicyclic) bond motifs is 1. The Hall–Kier alpha value is -2.07. The van der Waals surface area contributed by atoms with Crippen molar-refractivity contribution < 1.29 is 19.0 Å². The van der Waals surface area contributed by atoms with Gasteiger partial charge in [-0.1, -0.05) is 18.2 Å². The molecule has 0 spiro atoms. The Kier molecular flexibility index (Phi) is 3.09. The van der Waals surface area contributed by atoms with E-state index < -0.39 is 12.2 Å². The van der Waals surface area contributed by atoms with Crippen LogP contribution in [0.4, 0.5) is 4.39 Å². The van der Waals surface area contributed by atoms with Gasteiger partial charge in [-0.05, 0) is 30.3 Å². The normalized spacial score (nSPS) is 21.4. The Morgan fingerprint density at radius 3 is 2.63 bits per heavy atom. The predicted octanol–water partition coefficient (Wildman–Crippen LogP) is 2.70. The third-order valence-corrected chi connectivity index (χ3v) is 3.09. The van der Waals surface area contributed by atoms with Crippen LogP contribution < -0.4 is 9.47 Å².